The summed E-state index contributed by atoms with van der Waals surface area (Å²) in [5, 5.41) is 3.60. The predicted octanol–water partition coefficient (Wildman–Crippen LogP) is 2.37. The minimum atomic E-state index is 0.706. The first-order chi connectivity index (χ1) is 6.34. The lowest BCUT2D eigenvalue weighted by Gasteiger charge is -2.11. The molecule has 70 valence electrons. The van der Waals surface area contributed by atoms with Crippen molar-refractivity contribution < 1.29 is 0 Å². The Kier molecular flexibility index (Phi) is 2.65. The van der Waals surface area contributed by atoms with Crippen molar-refractivity contribution in [2.45, 2.75) is 38.3 Å². The molecule has 13 heavy (non-hydrogen) atoms. The van der Waals surface area contributed by atoms with Crippen LogP contribution in [0.4, 0.5) is 0 Å². The maximum absolute atomic E-state index is 3.60. The zero-order chi connectivity index (χ0) is 9.10. The van der Waals surface area contributed by atoms with Crippen LogP contribution in [0.1, 0.15) is 25.3 Å². The van der Waals surface area contributed by atoms with Crippen molar-refractivity contribution in [3.63, 3.8) is 0 Å². The molecule has 1 aromatic carbocycles. The second-order valence-corrected chi connectivity index (χ2v) is 4.03. The van der Waals surface area contributed by atoms with Crippen LogP contribution in [-0.4, -0.2) is 12.1 Å². The Morgan fingerprint density at radius 1 is 1.23 bits per heavy atom. The largest absolute Gasteiger partial charge is 0.311 e. The van der Waals surface area contributed by atoms with Crippen molar-refractivity contribution >= 4 is 0 Å². The Morgan fingerprint density at radius 2 is 2.00 bits per heavy atom. The normalized spacial score (nSPS) is 27.8. The molecule has 2 atom stereocenters. The highest BCUT2D eigenvalue weighted by Crippen LogP contribution is 2.15. The van der Waals surface area contributed by atoms with Gasteiger partial charge in [0.25, 0.3) is 0 Å². The van der Waals surface area contributed by atoms with Gasteiger partial charge in [-0.1, -0.05) is 30.3 Å². The molecule has 1 aliphatic heterocycles. The van der Waals surface area contributed by atoms with E-state index in [1.807, 2.05) is 0 Å². The molecule has 0 spiro atoms. The van der Waals surface area contributed by atoms with Gasteiger partial charge in [-0.3, -0.25) is 0 Å². The second kappa shape index (κ2) is 3.93. The van der Waals surface area contributed by atoms with Crippen molar-refractivity contribution in [2.24, 2.45) is 0 Å². The highest BCUT2D eigenvalue weighted by molar-refractivity contribution is 5.16. The van der Waals surface area contributed by atoms with Crippen LogP contribution >= 0.6 is 0 Å². The molecule has 1 heterocycles. The summed E-state index contributed by atoms with van der Waals surface area (Å²) in [6.45, 7) is 2.27. The van der Waals surface area contributed by atoms with Gasteiger partial charge < -0.3 is 5.32 Å². The highest BCUT2D eigenvalue weighted by Gasteiger charge is 2.19. The van der Waals surface area contributed by atoms with Crippen LogP contribution in [0.15, 0.2) is 30.3 Å². The molecule has 1 heteroatoms. The lowest BCUT2D eigenvalue weighted by Crippen LogP contribution is -2.28. The molecule has 0 bridgehead atoms. The van der Waals surface area contributed by atoms with Crippen molar-refractivity contribution in [2.75, 3.05) is 0 Å². The van der Waals surface area contributed by atoms with Gasteiger partial charge >= 0.3 is 0 Å². The van der Waals surface area contributed by atoms with Gasteiger partial charge in [0.05, 0.1) is 0 Å². The smallest absolute Gasteiger partial charge is 0.0110 e. The van der Waals surface area contributed by atoms with E-state index in [1.165, 1.54) is 24.8 Å². The monoisotopic (exact) mass is 175 g/mol. The van der Waals surface area contributed by atoms with Crippen molar-refractivity contribution in [3.8, 4) is 0 Å². The summed E-state index contributed by atoms with van der Waals surface area (Å²) >= 11 is 0. The van der Waals surface area contributed by atoms with Gasteiger partial charge in [0.1, 0.15) is 0 Å². The summed E-state index contributed by atoms with van der Waals surface area (Å²) in [5.74, 6) is 0. The molecule has 1 aliphatic rings. The lowest BCUT2D eigenvalue weighted by atomic mass is 10.1. The van der Waals surface area contributed by atoms with Crippen LogP contribution in [-0.2, 0) is 6.42 Å². The number of hydrogen-bond donors (Lipinski definition) is 1. The van der Waals surface area contributed by atoms with Gasteiger partial charge in [-0.2, -0.15) is 0 Å². The summed E-state index contributed by atoms with van der Waals surface area (Å²) in [5.41, 5.74) is 1.45. The lowest BCUT2D eigenvalue weighted by molar-refractivity contribution is 0.558. The third-order valence-corrected chi connectivity index (χ3v) is 2.79. The van der Waals surface area contributed by atoms with E-state index in [9.17, 15) is 0 Å². The molecule has 1 aromatic rings. The molecule has 0 radical (unpaired) electrons. The molecule has 2 rings (SSSR count). The first-order valence-corrected chi connectivity index (χ1v) is 5.14. The van der Waals surface area contributed by atoms with Crippen molar-refractivity contribution in [1.29, 1.82) is 0 Å². The van der Waals surface area contributed by atoms with Gasteiger partial charge in [-0.05, 0) is 31.7 Å². The van der Waals surface area contributed by atoms with E-state index < -0.39 is 0 Å². The molecule has 1 fully saturated rings. The highest BCUT2D eigenvalue weighted by atomic mass is 15.0. The molecule has 1 N–H and O–H groups in total. The fourth-order valence-electron chi connectivity index (χ4n) is 2.08. The van der Waals surface area contributed by atoms with Gasteiger partial charge in [0, 0.05) is 12.1 Å². The fourth-order valence-corrected chi connectivity index (χ4v) is 2.08. The standard InChI is InChI=1S/C12H17N/c1-10-7-8-12(13-10)9-11-5-3-2-4-6-11/h2-6,10,12-13H,7-9H2,1H3/t10-,12?/m1/s1. The molecule has 1 saturated heterocycles. The zero-order valence-corrected chi connectivity index (χ0v) is 8.16. The van der Waals surface area contributed by atoms with Crippen molar-refractivity contribution in [1.82, 2.24) is 5.32 Å². The predicted molar refractivity (Wildman–Crippen MR) is 55.8 cm³/mol. The first-order valence-electron chi connectivity index (χ1n) is 5.14. The molecule has 0 amide bonds. The van der Waals surface area contributed by atoms with Crippen LogP contribution in [0.3, 0.4) is 0 Å². The van der Waals surface area contributed by atoms with E-state index in [4.69, 9.17) is 0 Å². The topological polar surface area (TPSA) is 12.0 Å². The zero-order valence-electron chi connectivity index (χ0n) is 8.16. The Balaban J connectivity index is 1.92. The summed E-state index contributed by atoms with van der Waals surface area (Å²) in [6.07, 6.45) is 3.85. The summed E-state index contributed by atoms with van der Waals surface area (Å²) in [7, 11) is 0. The van der Waals surface area contributed by atoms with Crippen LogP contribution in [0.25, 0.3) is 0 Å². The minimum Gasteiger partial charge on any atom is -0.311 e. The number of benzene rings is 1. The third kappa shape index (κ3) is 2.31. The Labute approximate surface area is 80.2 Å². The minimum absolute atomic E-state index is 0.706. The van der Waals surface area contributed by atoms with Crippen LogP contribution < -0.4 is 5.32 Å². The molecule has 0 aliphatic carbocycles. The summed E-state index contributed by atoms with van der Waals surface area (Å²) in [6, 6.07) is 12.2. The van der Waals surface area contributed by atoms with Gasteiger partial charge in [-0.15, -0.1) is 0 Å². The van der Waals surface area contributed by atoms with E-state index in [2.05, 4.69) is 42.6 Å². The first kappa shape index (κ1) is 8.76. The maximum Gasteiger partial charge on any atom is 0.0110 e. The Hall–Kier alpha value is -0.820. The molecule has 1 unspecified atom stereocenters. The average molecular weight is 175 g/mol. The van der Waals surface area contributed by atoms with Gasteiger partial charge in [0.2, 0.25) is 0 Å². The van der Waals surface area contributed by atoms with E-state index in [1.54, 1.807) is 0 Å². The fraction of sp³-hybridized carbons (Fsp3) is 0.500. The van der Waals surface area contributed by atoms with E-state index in [-0.39, 0.29) is 0 Å². The summed E-state index contributed by atoms with van der Waals surface area (Å²) < 4.78 is 0. The van der Waals surface area contributed by atoms with Gasteiger partial charge in [0.15, 0.2) is 0 Å². The number of rotatable bonds is 2. The molecule has 0 saturated carbocycles. The maximum atomic E-state index is 3.60. The van der Waals surface area contributed by atoms with E-state index >= 15 is 0 Å². The van der Waals surface area contributed by atoms with E-state index in [0.717, 1.165) is 0 Å². The molecule has 1 nitrogen and oxygen atoms in total. The third-order valence-electron chi connectivity index (χ3n) is 2.79. The Morgan fingerprint density at radius 3 is 2.62 bits per heavy atom. The molecular formula is C12H17N. The number of hydrogen-bond acceptors (Lipinski definition) is 1. The summed E-state index contributed by atoms with van der Waals surface area (Å²) in [4.78, 5) is 0. The molecular weight excluding hydrogens is 158 g/mol. The Bertz CT molecular complexity index is 255. The SMILES string of the molecule is C[C@@H]1CCC(Cc2ccccc2)N1. The average Bonchev–Trinajstić information content (AvgIpc) is 2.53. The van der Waals surface area contributed by atoms with Crippen LogP contribution in [0, 0.1) is 0 Å². The van der Waals surface area contributed by atoms with E-state index in [0.29, 0.717) is 12.1 Å². The van der Waals surface area contributed by atoms with Gasteiger partial charge in [-0.25, -0.2) is 0 Å². The quantitative estimate of drug-likeness (QED) is 0.727. The number of nitrogens with one attached hydrogen (secondary N) is 1. The van der Waals surface area contributed by atoms with Crippen LogP contribution in [0.2, 0.25) is 0 Å². The molecule has 0 aromatic heterocycles. The van der Waals surface area contributed by atoms with Crippen LogP contribution in [0.5, 0.6) is 0 Å². The second-order valence-electron chi connectivity index (χ2n) is 4.03. The van der Waals surface area contributed by atoms with Crippen molar-refractivity contribution in [3.05, 3.63) is 35.9 Å².